The summed E-state index contributed by atoms with van der Waals surface area (Å²) in [5, 5.41) is 11.1. The molecule has 1 rings (SSSR count). The number of benzene rings is 1. The molecule has 19 heavy (non-hydrogen) atoms. The van der Waals surface area contributed by atoms with Gasteiger partial charge in [0.1, 0.15) is 0 Å². The molecule has 0 bridgehead atoms. The van der Waals surface area contributed by atoms with Crippen molar-refractivity contribution in [3.05, 3.63) is 40.4 Å². The number of carboxylic acid groups (broad SMARTS) is 1. The number of hydrogen-bond donors (Lipinski definition) is 2. The van der Waals surface area contributed by atoms with Crippen LogP contribution in [0.25, 0.3) is 6.08 Å². The zero-order valence-corrected chi connectivity index (χ0v) is 12.5. The topological polar surface area (TPSA) is 66.4 Å². The number of nitrogens with one attached hydrogen (secondary N) is 1. The molecule has 0 atom stereocenters. The third kappa shape index (κ3) is 7.69. The van der Waals surface area contributed by atoms with Crippen LogP contribution in [0, 0.1) is 0 Å². The van der Waals surface area contributed by atoms with E-state index in [2.05, 4.69) is 21.2 Å². The largest absolute Gasteiger partial charge is 0.481 e. The molecule has 0 aliphatic carbocycles. The van der Waals surface area contributed by atoms with Crippen LogP contribution >= 0.6 is 27.7 Å². The van der Waals surface area contributed by atoms with E-state index in [1.807, 2.05) is 24.3 Å². The summed E-state index contributed by atoms with van der Waals surface area (Å²) in [5.41, 5.74) is 0.935. The van der Waals surface area contributed by atoms with Gasteiger partial charge in [0.05, 0.1) is 5.75 Å². The Morgan fingerprint density at radius 2 is 2.21 bits per heavy atom. The summed E-state index contributed by atoms with van der Waals surface area (Å²) < 4.78 is 0.958. The lowest BCUT2D eigenvalue weighted by molar-refractivity contribution is -0.133. The molecule has 0 heterocycles. The second-order valence-corrected chi connectivity index (χ2v) is 5.65. The number of carbonyl (C=O) groups is 2. The molecule has 0 aliphatic heterocycles. The SMILES string of the molecule is O=C(O)CSCCNC(=O)C=Cc1cccc(Br)c1. The summed E-state index contributed by atoms with van der Waals surface area (Å²) >= 11 is 4.63. The minimum Gasteiger partial charge on any atom is -0.481 e. The van der Waals surface area contributed by atoms with Crippen molar-refractivity contribution in [3.8, 4) is 0 Å². The van der Waals surface area contributed by atoms with E-state index in [0.717, 1.165) is 10.0 Å². The fourth-order valence-corrected chi connectivity index (χ4v) is 2.23. The van der Waals surface area contributed by atoms with Crippen molar-refractivity contribution >= 4 is 45.6 Å². The van der Waals surface area contributed by atoms with Crippen LogP contribution < -0.4 is 5.32 Å². The van der Waals surface area contributed by atoms with Crippen molar-refractivity contribution in [2.24, 2.45) is 0 Å². The third-order valence-corrected chi connectivity index (χ3v) is 3.48. The van der Waals surface area contributed by atoms with Crippen LogP contribution in [-0.4, -0.2) is 35.0 Å². The molecule has 0 saturated heterocycles. The Hall–Kier alpha value is -1.27. The number of halogens is 1. The Bertz CT molecular complexity index is 477. The molecular formula is C13H14BrNO3S. The normalized spacial score (nSPS) is 10.6. The van der Waals surface area contributed by atoms with Gasteiger partial charge in [0.15, 0.2) is 0 Å². The van der Waals surface area contributed by atoms with E-state index in [1.54, 1.807) is 6.08 Å². The quantitative estimate of drug-likeness (QED) is 0.589. The maximum Gasteiger partial charge on any atom is 0.313 e. The summed E-state index contributed by atoms with van der Waals surface area (Å²) in [4.78, 5) is 21.7. The summed E-state index contributed by atoms with van der Waals surface area (Å²) in [6.07, 6.45) is 3.19. The highest BCUT2D eigenvalue weighted by Crippen LogP contribution is 2.12. The Morgan fingerprint density at radius 1 is 1.42 bits per heavy atom. The van der Waals surface area contributed by atoms with Crippen LogP contribution in [0.15, 0.2) is 34.8 Å². The van der Waals surface area contributed by atoms with E-state index >= 15 is 0 Å². The molecule has 1 aromatic rings. The van der Waals surface area contributed by atoms with E-state index in [-0.39, 0.29) is 11.7 Å². The highest BCUT2D eigenvalue weighted by molar-refractivity contribution is 9.10. The van der Waals surface area contributed by atoms with E-state index in [0.29, 0.717) is 12.3 Å². The maximum atomic E-state index is 11.5. The van der Waals surface area contributed by atoms with Gasteiger partial charge in [-0.1, -0.05) is 28.1 Å². The van der Waals surface area contributed by atoms with Crippen LogP contribution in [0.3, 0.4) is 0 Å². The third-order valence-electron chi connectivity index (χ3n) is 2.05. The molecule has 102 valence electrons. The molecule has 0 aliphatic rings. The Balaban J connectivity index is 2.25. The average molecular weight is 344 g/mol. The van der Waals surface area contributed by atoms with E-state index < -0.39 is 5.97 Å². The number of hydrogen-bond acceptors (Lipinski definition) is 3. The van der Waals surface area contributed by atoms with Gasteiger partial charge < -0.3 is 10.4 Å². The van der Waals surface area contributed by atoms with E-state index in [1.165, 1.54) is 17.8 Å². The summed E-state index contributed by atoms with van der Waals surface area (Å²) in [6.45, 7) is 0.458. The number of carboxylic acids is 1. The first-order chi connectivity index (χ1) is 9.08. The first-order valence-electron chi connectivity index (χ1n) is 5.59. The molecule has 4 nitrogen and oxygen atoms in total. The molecule has 1 aromatic carbocycles. The highest BCUT2D eigenvalue weighted by atomic mass is 79.9. The van der Waals surface area contributed by atoms with Gasteiger partial charge in [0.2, 0.25) is 5.91 Å². The smallest absolute Gasteiger partial charge is 0.313 e. The number of carbonyl (C=O) groups excluding carboxylic acids is 1. The molecule has 1 amide bonds. The predicted molar refractivity (Wildman–Crippen MR) is 81.1 cm³/mol. The van der Waals surface area contributed by atoms with Crippen LogP contribution in [0.1, 0.15) is 5.56 Å². The van der Waals surface area contributed by atoms with Crippen molar-refractivity contribution in [1.82, 2.24) is 5.32 Å². The lowest BCUT2D eigenvalue weighted by Gasteiger charge is -2.00. The summed E-state index contributed by atoms with van der Waals surface area (Å²) in [7, 11) is 0. The fourth-order valence-electron chi connectivity index (χ4n) is 1.25. The van der Waals surface area contributed by atoms with Crippen molar-refractivity contribution in [3.63, 3.8) is 0 Å². The Kier molecular flexibility index (Phi) is 7.28. The van der Waals surface area contributed by atoms with Crippen LogP contribution in [-0.2, 0) is 9.59 Å². The van der Waals surface area contributed by atoms with Crippen LogP contribution in [0.5, 0.6) is 0 Å². The monoisotopic (exact) mass is 343 g/mol. The number of aliphatic carboxylic acids is 1. The molecule has 0 unspecified atom stereocenters. The molecule has 2 N–H and O–H groups in total. The first-order valence-corrected chi connectivity index (χ1v) is 7.54. The first kappa shape index (κ1) is 15.8. The van der Waals surface area contributed by atoms with Gasteiger partial charge in [-0.3, -0.25) is 9.59 Å². The fraction of sp³-hybridized carbons (Fsp3) is 0.231. The molecule has 6 heteroatoms. The maximum absolute atomic E-state index is 11.5. The van der Waals surface area contributed by atoms with Crippen molar-refractivity contribution in [2.45, 2.75) is 0 Å². The molecule has 0 spiro atoms. The second kappa shape index (κ2) is 8.77. The predicted octanol–water partition coefficient (Wildman–Crippen LogP) is 2.40. The van der Waals surface area contributed by atoms with Gasteiger partial charge in [0.25, 0.3) is 0 Å². The zero-order chi connectivity index (χ0) is 14.1. The minimum atomic E-state index is -0.842. The van der Waals surface area contributed by atoms with Gasteiger partial charge in [-0.2, -0.15) is 0 Å². The minimum absolute atomic E-state index is 0.0593. The molecule has 0 radical (unpaired) electrons. The molecule has 0 aromatic heterocycles. The van der Waals surface area contributed by atoms with Gasteiger partial charge in [0, 0.05) is 22.8 Å². The van der Waals surface area contributed by atoms with Gasteiger partial charge in [-0.05, 0) is 23.8 Å². The standard InChI is InChI=1S/C13H14BrNO3S/c14-11-3-1-2-10(8-11)4-5-12(16)15-6-7-19-9-13(17)18/h1-5,8H,6-7,9H2,(H,15,16)(H,17,18). The van der Waals surface area contributed by atoms with Crippen molar-refractivity contribution in [1.29, 1.82) is 0 Å². The van der Waals surface area contributed by atoms with E-state index in [4.69, 9.17) is 5.11 Å². The number of rotatable bonds is 7. The van der Waals surface area contributed by atoms with Crippen molar-refractivity contribution in [2.75, 3.05) is 18.1 Å². The molecular weight excluding hydrogens is 330 g/mol. The summed E-state index contributed by atoms with van der Waals surface area (Å²) in [5.74, 6) is -0.381. The zero-order valence-electron chi connectivity index (χ0n) is 10.1. The number of amides is 1. The van der Waals surface area contributed by atoms with Gasteiger partial charge in [-0.25, -0.2) is 0 Å². The van der Waals surface area contributed by atoms with E-state index in [9.17, 15) is 9.59 Å². The van der Waals surface area contributed by atoms with Crippen molar-refractivity contribution < 1.29 is 14.7 Å². The van der Waals surface area contributed by atoms with Crippen LogP contribution in [0.2, 0.25) is 0 Å². The van der Waals surface area contributed by atoms with Gasteiger partial charge >= 0.3 is 5.97 Å². The Morgan fingerprint density at radius 3 is 2.89 bits per heavy atom. The highest BCUT2D eigenvalue weighted by Gasteiger charge is 1.98. The number of thioether (sulfide) groups is 1. The average Bonchev–Trinajstić information content (AvgIpc) is 2.35. The second-order valence-electron chi connectivity index (χ2n) is 3.63. The van der Waals surface area contributed by atoms with Crippen LogP contribution in [0.4, 0.5) is 0 Å². The molecule has 0 saturated carbocycles. The lowest BCUT2D eigenvalue weighted by Crippen LogP contribution is -2.23. The van der Waals surface area contributed by atoms with Gasteiger partial charge in [-0.15, -0.1) is 11.8 Å². The molecule has 0 fully saturated rings. The summed E-state index contributed by atoms with van der Waals surface area (Å²) in [6, 6.07) is 7.62. The Labute approximate surface area is 124 Å². The lowest BCUT2D eigenvalue weighted by atomic mass is 10.2.